The monoisotopic (exact) mass is 421 g/mol. The molecule has 1 amide bonds. The lowest BCUT2D eigenvalue weighted by Crippen LogP contribution is -2.42. The van der Waals surface area contributed by atoms with Gasteiger partial charge in [-0.05, 0) is 17.9 Å². The Balaban J connectivity index is 2.05. The number of fused-ring (bicyclic) bond motifs is 1. The zero-order valence-electron chi connectivity index (χ0n) is 18.1. The predicted octanol–water partition coefficient (Wildman–Crippen LogP) is 2.91. The smallest absolute Gasteiger partial charge is 0.224 e. The van der Waals surface area contributed by atoms with Crippen LogP contribution in [0.3, 0.4) is 0 Å². The van der Waals surface area contributed by atoms with Crippen LogP contribution in [-0.2, 0) is 9.53 Å². The number of nitrogens with zero attached hydrogens (tertiary/aromatic N) is 2. The van der Waals surface area contributed by atoms with Gasteiger partial charge in [0.05, 0.1) is 13.2 Å². The largest absolute Gasteiger partial charge is 0.383 e. The first kappa shape index (κ1) is 22.4. The van der Waals surface area contributed by atoms with Gasteiger partial charge in [0.1, 0.15) is 11.4 Å². The van der Waals surface area contributed by atoms with E-state index in [1.165, 1.54) is 11.8 Å². The quantitative estimate of drug-likeness (QED) is 0.684. The third kappa shape index (κ3) is 5.06. The van der Waals surface area contributed by atoms with Gasteiger partial charge in [-0.25, -0.2) is 0 Å². The van der Waals surface area contributed by atoms with Crippen LogP contribution in [0.2, 0.25) is 0 Å². The van der Waals surface area contributed by atoms with Crippen molar-refractivity contribution in [3.63, 3.8) is 0 Å². The molecule has 1 aliphatic carbocycles. The molecular weight excluding hydrogens is 394 g/mol. The van der Waals surface area contributed by atoms with Gasteiger partial charge in [0.25, 0.3) is 0 Å². The summed E-state index contributed by atoms with van der Waals surface area (Å²) >= 11 is 0. The fourth-order valence-electron chi connectivity index (χ4n) is 3.50. The topological polar surface area (TPSA) is 88.1 Å². The molecule has 0 fully saturated rings. The molecule has 0 saturated heterocycles. The number of carbonyl (C=O) groups excluding carboxylic acids is 3. The van der Waals surface area contributed by atoms with Crippen LogP contribution in [0.5, 0.6) is 0 Å². The molecule has 0 radical (unpaired) electrons. The Kier molecular flexibility index (Phi) is 7.31. The van der Waals surface area contributed by atoms with Crippen molar-refractivity contribution in [2.24, 2.45) is 10.9 Å². The first-order valence-corrected chi connectivity index (χ1v) is 10.3. The van der Waals surface area contributed by atoms with Crippen LogP contribution in [0.15, 0.2) is 64.6 Å². The maximum absolute atomic E-state index is 13.4. The molecule has 1 atom stereocenters. The Morgan fingerprint density at radius 2 is 1.94 bits per heavy atom. The highest BCUT2D eigenvalue weighted by molar-refractivity contribution is 6.27. The van der Waals surface area contributed by atoms with Crippen LogP contribution >= 0.6 is 0 Å². The third-order valence-corrected chi connectivity index (χ3v) is 5.19. The molecule has 0 aromatic heterocycles. The molecular formula is C24H27N3O4. The highest BCUT2D eigenvalue weighted by Gasteiger charge is 2.36. The number of ether oxygens (including phenoxy) is 1. The van der Waals surface area contributed by atoms with Crippen LogP contribution in [0.25, 0.3) is 0 Å². The molecule has 0 spiro atoms. The normalized spacial score (nSPS) is 22.0. The maximum atomic E-state index is 13.4. The number of rotatable bonds is 7. The molecule has 1 aromatic rings. The third-order valence-electron chi connectivity index (χ3n) is 5.19. The summed E-state index contributed by atoms with van der Waals surface area (Å²) in [5.41, 5.74) is 1.60. The van der Waals surface area contributed by atoms with Crippen LogP contribution in [0.4, 0.5) is 0 Å². The van der Waals surface area contributed by atoms with Gasteiger partial charge in [-0.1, -0.05) is 43.3 Å². The van der Waals surface area contributed by atoms with E-state index in [4.69, 9.17) is 4.74 Å². The van der Waals surface area contributed by atoms with Gasteiger partial charge in [-0.15, -0.1) is 0 Å². The minimum absolute atomic E-state index is 0.0623. The summed E-state index contributed by atoms with van der Waals surface area (Å²) in [6.07, 6.45) is 8.22. The molecule has 1 aromatic carbocycles. The van der Waals surface area contributed by atoms with Crippen LogP contribution < -0.4 is 5.32 Å². The number of nitrogens with one attached hydrogen (secondary N) is 1. The van der Waals surface area contributed by atoms with Gasteiger partial charge in [0.2, 0.25) is 17.5 Å². The van der Waals surface area contributed by atoms with Gasteiger partial charge in [-0.2, -0.15) is 0 Å². The van der Waals surface area contributed by atoms with Crippen molar-refractivity contribution in [2.75, 3.05) is 26.8 Å². The first-order chi connectivity index (χ1) is 14.9. The van der Waals surface area contributed by atoms with Crippen LogP contribution in [0, 0.1) is 5.92 Å². The summed E-state index contributed by atoms with van der Waals surface area (Å²) in [7, 11) is 1.55. The average Bonchev–Trinajstić information content (AvgIpc) is 2.75. The van der Waals surface area contributed by atoms with E-state index in [-0.39, 0.29) is 35.4 Å². The fraction of sp³-hybridized carbons (Fsp3) is 0.333. The van der Waals surface area contributed by atoms with E-state index in [2.05, 4.69) is 17.2 Å². The highest BCUT2D eigenvalue weighted by atomic mass is 16.5. The summed E-state index contributed by atoms with van der Waals surface area (Å²) in [5.74, 6) is -0.693. The molecule has 162 valence electrons. The molecule has 7 heteroatoms. The number of hydrogen-bond donors (Lipinski definition) is 1. The van der Waals surface area contributed by atoms with Crippen molar-refractivity contribution in [2.45, 2.75) is 20.3 Å². The molecule has 0 saturated carbocycles. The van der Waals surface area contributed by atoms with E-state index < -0.39 is 0 Å². The summed E-state index contributed by atoms with van der Waals surface area (Å²) < 4.78 is 5.07. The number of aliphatic imine (C=N–C) groups is 1. The molecule has 3 rings (SSSR count). The summed E-state index contributed by atoms with van der Waals surface area (Å²) in [6, 6.07) is 6.67. The Labute approximate surface area is 182 Å². The summed E-state index contributed by atoms with van der Waals surface area (Å²) in [4.78, 5) is 44.9. The molecule has 1 aliphatic heterocycles. The maximum Gasteiger partial charge on any atom is 0.224 e. The second-order valence-electron chi connectivity index (χ2n) is 7.56. The van der Waals surface area contributed by atoms with Crippen molar-refractivity contribution in [1.29, 1.82) is 0 Å². The number of Topliss-reactive ketones (excluding diaryl/α,β-unsaturated/α-hetero) is 2. The molecule has 1 unspecified atom stereocenters. The van der Waals surface area contributed by atoms with Gasteiger partial charge < -0.3 is 15.0 Å². The van der Waals surface area contributed by atoms with Crippen molar-refractivity contribution in [1.82, 2.24) is 10.2 Å². The second kappa shape index (κ2) is 10.1. The van der Waals surface area contributed by atoms with Crippen molar-refractivity contribution in [3.8, 4) is 0 Å². The Hall–Kier alpha value is -3.32. The molecule has 1 heterocycles. The zero-order valence-corrected chi connectivity index (χ0v) is 18.1. The summed E-state index contributed by atoms with van der Waals surface area (Å²) in [5, 5.41) is 3.02. The van der Waals surface area contributed by atoms with E-state index in [0.717, 1.165) is 12.0 Å². The number of ketones is 2. The lowest BCUT2D eigenvalue weighted by molar-refractivity contribution is -0.126. The van der Waals surface area contributed by atoms with Crippen molar-refractivity contribution >= 4 is 23.7 Å². The second-order valence-corrected chi connectivity index (χ2v) is 7.56. The zero-order chi connectivity index (χ0) is 22.4. The van der Waals surface area contributed by atoms with Crippen molar-refractivity contribution in [3.05, 3.63) is 70.7 Å². The molecule has 2 aliphatic rings. The van der Waals surface area contributed by atoms with Crippen LogP contribution in [0.1, 0.15) is 41.0 Å². The molecule has 0 bridgehead atoms. The van der Waals surface area contributed by atoms with E-state index >= 15 is 0 Å². The number of hydrogen-bond acceptors (Lipinski definition) is 6. The fourth-order valence-corrected chi connectivity index (χ4v) is 3.50. The van der Waals surface area contributed by atoms with Crippen LogP contribution in [-0.4, -0.2) is 55.4 Å². The molecule has 31 heavy (non-hydrogen) atoms. The molecule has 7 nitrogen and oxygen atoms in total. The lowest BCUT2D eigenvalue weighted by atomic mass is 9.89. The number of allylic oxidation sites excluding steroid dienone is 4. The minimum Gasteiger partial charge on any atom is -0.383 e. The van der Waals surface area contributed by atoms with E-state index in [9.17, 15) is 14.4 Å². The van der Waals surface area contributed by atoms with E-state index in [1.807, 2.05) is 12.2 Å². The number of amides is 1. The van der Waals surface area contributed by atoms with Gasteiger partial charge >= 0.3 is 0 Å². The minimum atomic E-state index is -0.359. The van der Waals surface area contributed by atoms with Gasteiger partial charge in [0, 0.05) is 44.1 Å². The highest BCUT2D eigenvalue weighted by Crippen LogP contribution is 2.28. The Morgan fingerprint density at radius 1 is 1.23 bits per heavy atom. The number of methoxy groups -OCH3 is 1. The molecule has 1 N–H and O–H groups in total. The Morgan fingerprint density at radius 3 is 2.61 bits per heavy atom. The predicted molar refractivity (Wildman–Crippen MR) is 119 cm³/mol. The van der Waals surface area contributed by atoms with E-state index in [1.54, 1.807) is 43.8 Å². The van der Waals surface area contributed by atoms with Gasteiger partial charge in [-0.3, -0.25) is 19.4 Å². The average molecular weight is 421 g/mol. The Bertz CT molecular complexity index is 1000. The SMILES string of the molecule is COCCNC1=C(N(CC2=C\CC(C)/C=C/N=C\2)C(C)=O)C(=O)c2ccccc2C1=O. The first-order valence-electron chi connectivity index (χ1n) is 10.3. The standard InChI is InChI=1S/C24H27N3O4/c1-16-8-9-18(14-25-11-10-16)15-27(17(2)28)22-21(26-12-13-31-3)23(29)19-6-4-5-7-20(19)24(22)30/h4-7,9-11,14,16,26H,8,12-13,15H2,1-3H3/b11-10+,18-9-,25-14-. The van der Waals surface area contributed by atoms with Crippen molar-refractivity contribution < 1.29 is 19.1 Å². The van der Waals surface area contributed by atoms with E-state index in [0.29, 0.717) is 30.2 Å². The lowest BCUT2D eigenvalue weighted by Gasteiger charge is -2.30. The summed E-state index contributed by atoms with van der Waals surface area (Å²) in [6.45, 7) is 4.29. The van der Waals surface area contributed by atoms with Gasteiger partial charge in [0.15, 0.2) is 0 Å². The number of carbonyl (C=O) groups is 3. The number of benzene rings is 1.